The van der Waals surface area contributed by atoms with Gasteiger partial charge in [0.05, 0.1) is 0 Å². The topological polar surface area (TPSA) is 62.3 Å². The molecule has 1 aromatic heterocycles. The van der Waals surface area contributed by atoms with Gasteiger partial charge in [-0.25, -0.2) is 9.37 Å². The number of carbonyl (C=O) groups is 2. The molecule has 2 amide bonds. The van der Waals surface area contributed by atoms with Crippen LogP contribution in [0.25, 0.3) is 0 Å². The summed E-state index contributed by atoms with van der Waals surface area (Å²) < 4.78 is 13.6. The van der Waals surface area contributed by atoms with Crippen LogP contribution in [0.15, 0.2) is 42.5 Å². The Morgan fingerprint density at radius 2 is 1.65 bits per heavy atom. The van der Waals surface area contributed by atoms with Crippen LogP contribution in [0.2, 0.25) is 0 Å². The van der Waals surface area contributed by atoms with Crippen molar-refractivity contribution in [2.45, 2.75) is 32.2 Å². The molecule has 2 heterocycles. The Hall–Kier alpha value is -2.76. The largest absolute Gasteiger partial charge is 0.347 e. The molecule has 6 heteroatoms. The van der Waals surface area contributed by atoms with Gasteiger partial charge in [-0.2, -0.15) is 0 Å². The molecule has 1 aliphatic heterocycles. The summed E-state index contributed by atoms with van der Waals surface area (Å²) in [5, 5.41) is 2.65. The minimum atomic E-state index is -0.432. The molecule has 0 bridgehead atoms. The molecule has 0 saturated carbocycles. The Morgan fingerprint density at radius 1 is 0.962 bits per heavy atom. The lowest BCUT2D eigenvalue weighted by molar-refractivity contribution is 0.0755. The van der Waals surface area contributed by atoms with Crippen molar-refractivity contribution in [3.63, 3.8) is 0 Å². The highest BCUT2D eigenvalue weighted by Crippen LogP contribution is 2.13. The van der Waals surface area contributed by atoms with Crippen molar-refractivity contribution >= 4 is 11.8 Å². The highest BCUT2D eigenvalue weighted by Gasteiger charge is 2.19. The summed E-state index contributed by atoms with van der Waals surface area (Å²) in [6.45, 7) is 1.52. The second-order valence-electron chi connectivity index (χ2n) is 6.39. The molecule has 5 nitrogen and oxygen atoms in total. The molecular formula is C20H22FN3O2. The average Bonchev–Trinajstić information content (AvgIpc) is 2.96. The maximum atomic E-state index is 13.6. The van der Waals surface area contributed by atoms with E-state index < -0.39 is 5.91 Å². The van der Waals surface area contributed by atoms with Crippen molar-refractivity contribution in [3.8, 4) is 0 Å². The van der Waals surface area contributed by atoms with Crippen molar-refractivity contribution in [1.82, 2.24) is 15.2 Å². The molecule has 1 aliphatic rings. The van der Waals surface area contributed by atoms with Crippen molar-refractivity contribution < 1.29 is 14.0 Å². The van der Waals surface area contributed by atoms with Crippen LogP contribution >= 0.6 is 0 Å². The van der Waals surface area contributed by atoms with Crippen LogP contribution in [0.4, 0.5) is 4.39 Å². The summed E-state index contributed by atoms with van der Waals surface area (Å²) in [7, 11) is 0. The molecule has 0 aliphatic carbocycles. The first-order chi connectivity index (χ1) is 12.6. The molecular weight excluding hydrogens is 333 g/mol. The van der Waals surface area contributed by atoms with Gasteiger partial charge in [0.1, 0.15) is 17.2 Å². The summed E-state index contributed by atoms with van der Waals surface area (Å²) in [4.78, 5) is 31.0. The number of pyridine rings is 1. The molecule has 1 N–H and O–H groups in total. The van der Waals surface area contributed by atoms with Crippen molar-refractivity contribution in [1.29, 1.82) is 0 Å². The number of rotatable bonds is 4. The van der Waals surface area contributed by atoms with Crippen molar-refractivity contribution in [2.75, 3.05) is 13.1 Å². The van der Waals surface area contributed by atoms with Gasteiger partial charge < -0.3 is 10.2 Å². The Bertz CT molecular complexity index is 786. The number of amides is 2. The maximum Gasteiger partial charge on any atom is 0.272 e. The summed E-state index contributed by atoms with van der Waals surface area (Å²) in [6.07, 6.45) is 4.26. The lowest BCUT2D eigenvalue weighted by Gasteiger charge is -2.19. The Labute approximate surface area is 152 Å². The first-order valence-corrected chi connectivity index (χ1v) is 8.93. The van der Waals surface area contributed by atoms with Gasteiger partial charge >= 0.3 is 0 Å². The predicted octanol–water partition coefficient (Wildman–Crippen LogP) is 3.17. The van der Waals surface area contributed by atoms with E-state index in [4.69, 9.17) is 0 Å². The molecule has 1 saturated heterocycles. The Kier molecular flexibility index (Phi) is 5.94. The van der Waals surface area contributed by atoms with E-state index in [1.54, 1.807) is 41.3 Å². The molecule has 1 fully saturated rings. The van der Waals surface area contributed by atoms with E-state index in [1.165, 1.54) is 6.07 Å². The van der Waals surface area contributed by atoms with Crippen LogP contribution in [0.5, 0.6) is 0 Å². The molecule has 26 heavy (non-hydrogen) atoms. The highest BCUT2D eigenvalue weighted by molar-refractivity contribution is 5.96. The van der Waals surface area contributed by atoms with Gasteiger partial charge in [0.15, 0.2) is 0 Å². The third-order valence-electron chi connectivity index (χ3n) is 4.49. The standard InChI is InChI=1S/C20H22FN3O2/c21-16-9-4-3-8-15(16)14-22-19(25)17-10-7-11-18(23-17)20(26)24-12-5-1-2-6-13-24/h3-4,7-11H,1-2,5-6,12-14H2,(H,22,25). The smallest absolute Gasteiger partial charge is 0.272 e. The molecule has 1 aromatic carbocycles. The van der Waals surface area contributed by atoms with E-state index in [0.29, 0.717) is 5.56 Å². The molecule has 3 rings (SSSR count). The van der Waals surface area contributed by atoms with Gasteiger partial charge in [0.2, 0.25) is 0 Å². The lowest BCUT2D eigenvalue weighted by atomic mass is 10.2. The molecule has 0 atom stereocenters. The van der Waals surface area contributed by atoms with E-state index in [0.717, 1.165) is 38.8 Å². The number of halogens is 1. The van der Waals surface area contributed by atoms with Gasteiger partial charge in [0, 0.05) is 25.2 Å². The maximum absolute atomic E-state index is 13.6. The first kappa shape index (κ1) is 18.0. The SMILES string of the molecule is O=C(NCc1ccccc1F)c1cccc(C(=O)N2CCCCCC2)n1. The first-order valence-electron chi connectivity index (χ1n) is 8.93. The van der Waals surface area contributed by atoms with Gasteiger partial charge in [0.25, 0.3) is 11.8 Å². The second-order valence-corrected chi connectivity index (χ2v) is 6.39. The monoisotopic (exact) mass is 355 g/mol. The number of nitrogens with zero attached hydrogens (tertiary/aromatic N) is 2. The fourth-order valence-electron chi connectivity index (χ4n) is 3.02. The summed E-state index contributed by atoms with van der Waals surface area (Å²) in [5.41, 5.74) is 0.824. The van der Waals surface area contributed by atoms with Crippen molar-refractivity contribution in [2.24, 2.45) is 0 Å². The van der Waals surface area contributed by atoms with Crippen LogP contribution in [-0.4, -0.2) is 34.8 Å². The van der Waals surface area contributed by atoms with Gasteiger partial charge in [-0.1, -0.05) is 37.1 Å². The second kappa shape index (κ2) is 8.56. The van der Waals surface area contributed by atoms with Gasteiger partial charge in [-0.15, -0.1) is 0 Å². The summed E-state index contributed by atoms with van der Waals surface area (Å²) in [5.74, 6) is -0.944. The zero-order chi connectivity index (χ0) is 18.4. The van der Waals surface area contributed by atoms with Crippen LogP contribution < -0.4 is 5.32 Å². The molecule has 0 unspecified atom stereocenters. The third kappa shape index (κ3) is 4.45. The molecule has 136 valence electrons. The average molecular weight is 355 g/mol. The highest BCUT2D eigenvalue weighted by atomic mass is 19.1. The fourth-order valence-corrected chi connectivity index (χ4v) is 3.02. The summed E-state index contributed by atoms with van der Waals surface area (Å²) >= 11 is 0. The number of hydrogen-bond donors (Lipinski definition) is 1. The van der Waals surface area contributed by atoms with Crippen LogP contribution in [0.1, 0.15) is 52.2 Å². The minimum Gasteiger partial charge on any atom is -0.347 e. The number of likely N-dealkylation sites (tertiary alicyclic amines) is 1. The zero-order valence-electron chi connectivity index (χ0n) is 14.6. The fraction of sp³-hybridized carbons (Fsp3) is 0.350. The van der Waals surface area contributed by atoms with Crippen LogP contribution in [0.3, 0.4) is 0 Å². The molecule has 2 aromatic rings. The number of benzene rings is 1. The quantitative estimate of drug-likeness (QED) is 0.916. The van der Waals surface area contributed by atoms with E-state index in [-0.39, 0.29) is 29.7 Å². The van der Waals surface area contributed by atoms with E-state index in [9.17, 15) is 14.0 Å². The number of aromatic nitrogens is 1. The Balaban J connectivity index is 1.67. The normalized spacial score (nSPS) is 14.6. The van der Waals surface area contributed by atoms with E-state index in [1.807, 2.05) is 0 Å². The van der Waals surface area contributed by atoms with Crippen molar-refractivity contribution in [3.05, 3.63) is 65.2 Å². The molecule has 0 spiro atoms. The van der Waals surface area contributed by atoms with Crippen LogP contribution in [0, 0.1) is 5.82 Å². The number of nitrogens with one attached hydrogen (secondary N) is 1. The minimum absolute atomic E-state index is 0.0670. The van der Waals surface area contributed by atoms with Gasteiger partial charge in [-0.3, -0.25) is 9.59 Å². The number of carbonyl (C=O) groups excluding carboxylic acids is 2. The third-order valence-corrected chi connectivity index (χ3v) is 4.49. The lowest BCUT2D eigenvalue weighted by Crippen LogP contribution is -2.33. The van der Waals surface area contributed by atoms with E-state index in [2.05, 4.69) is 10.3 Å². The Morgan fingerprint density at radius 3 is 2.38 bits per heavy atom. The molecule has 0 radical (unpaired) electrons. The van der Waals surface area contributed by atoms with E-state index >= 15 is 0 Å². The van der Waals surface area contributed by atoms with Crippen LogP contribution in [-0.2, 0) is 6.54 Å². The van der Waals surface area contributed by atoms with Gasteiger partial charge in [-0.05, 0) is 31.0 Å². The number of hydrogen-bond acceptors (Lipinski definition) is 3. The zero-order valence-corrected chi connectivity index (χ0v) is 14.6. The predicted molar refractivity (Wildman–Crippen MR) is 96.2 cm³/mol. The summed E-state index contributed by atoms with van der Waals surface area (Å²) in [6, 6.07) is 11.1.